The maximum atomic E-state index is 5.53. The van der Waals surface area contributed by atoms with Gasteiger partial charge in [0.05, 0.1) is 0 Å². The molecule has 0 unspecified atom stereocenters. The number of ether oxygens (including phenoxy) is 2. The van der Waals surface area contributed by atoms with Gasteiger partial charge in [-0.15, -0.1) is 0 Å². The zero-order valence-corrected chi connectivity index (χ0v) is 13.8. The molecule has 0 aliphatic heterocycles. The summed E-state index contributed by atoms with van der Waals surface area (Å²) in [5.74, 6) is 0. The highest BCUT2D eigenvalue weighted by molar-refractivity contribution is 6.82. The van der Waals surface area contributed by atoms with Gasteiger partial charge in [-0.05, 0) is 5.04 Å². The topological polar surface area (TPSA) is 18.5 Å². The van der Waals surface area contributed by atoms with Gasteiger partial charge in [0.15, 0.2) is 0 Å². The first-order valence-corrected chi connectivity index (χ1v) is 9.53. The molecular formula is C14H32O2Si. The molecule has 0 aliphatic carbocycles. The predicted octanol–water partition coefficient (Wildman–Crippen LogP) is 4.19. The molecule has 0 aromatic heterocycles. The van der Waals surface area contributed by atoms with Gasteiger partial charge in [-0.2, -0.15) is 0 Å². The van der Waals surface area contributed by atoms with Crippen LogP contribution >= 0.6 is 0 Å². The summed E-state index contributed by atoms with van der Waals surface area (Å²) >= 11 is 0. The fourth-order valence-electron chi connectivity index (χ4n) is 2.44. The molecule has 0 saturated heterocycles. The fraction of sp³-hybridized carbons (Fsp3) is 1.00. The normalized spacial score (nSPS) is 13.1. The highest BCUT2D eigenvalue weighted by Gasteiger charge is 2.44. The zero-order chi connectivity index (χ0) is 13.4. The third kappa shape index (κ3) is 5.54. The highest BCUT2D eigenvalue weighted by Crippen LogP contribution is 2.40. The standard InChI is InChI=1S/C14H32O2Si/c1-7-8-9-10-11-17(12-15-5,13-16-6)14(2,3)4/h7-13H2,1-6H3. The van der Waals surface area contributed by atoms with Crippen molar-refractivity contribution >= 4 is 8.07 Å². The first-order chi connectivity index (χ1) is 7.93. The predicted molar refractivity (Wildman–Crippen MR) is 78.2 cm³/mol. The second-order valence-corrected chi connectivity index (χ2v) is 11.3. The number of hydrogen-bond donors (Lipinski definition) is 0. The van der Waals surface area contributed by atoms with E-state index in [1.807, 2.05) is 14.2 Å². The van der Waals surface area contributed by atoms with Crippen molar-refractivity contribution in [3.8, 4) is 0 Å². The quantitative estimate of drug-likeness (QED) is 0.457. The molecule has 0 radical (unpaired) electrons. The molecule has 0 amide bonds. The smallest absolute Gasteiger partial charge is 0.118 e. The van der Waals surface area contributed by atoms with Crippen molar-refractivity contribution in [3.63, 3.8) is 0 Å². The van der Waals surface area contributed by atoms with Crippen LogP contribution in [0.15, 0.2) is 0 Å². The Labute approximate surface area is 109 Å². The van der Waals surface area contributed by atoms with E-state index >= 15 is 0 Å². The third-order valence-corrected chi connectivity index (χ3v) is 10.1. The van der Waals surface area contributed by atoms with E-state index in [0.717, 1.165) is 12.5 Å². The molecule has 17 heavy (non-hydrogen) atoms. The van der Waals surface area contributed by atoms with Crippen LogP contribution in [-0.2, 0) is 9.47 Å². The second-order valence-electron chi connectivity index (χ2n) is 6.21. The van der Waals surface area contributed by atoms with Gasteiger partial charge >= 0.3 is 0 Å². The van der Waals surface area contributed by atoms with E-state index in [1.165, 1.54) is 31.7 Å². The fourth-order valence-corrected chi connectivity index (χ4v) is 6.46. The van der Waals surface area contributed by atoms with Gasteiger partial charge in [0.25, 0.3) is 0 Å². The monoisotopic (exact) mass is 260 g/mol. The van der Waals surface area contributed by atoms with E-state index < -0.39 is 8.07 Å². The van der Waals surface area contributed by atoms with Crippen LogP contribution in [0.5, 0.6) is 0 Å². The Bertz CT molecular complexity index is 181. The molecule has 0 aliphatic rings. The summed E-state index contributed by atoms with van der Waals surface area (Å²) in [5.41, 5.74) is 0. The molecule has 104 valence electrons. The molecule has 0 N–H and O–H groups in total. The maximum absolute atomic E-state index is 5.53. The van der Waals surface area contributed by atoms with Gasteiger partial charge in [-0.3, -0.25) is 0 Å². The first kappa shape index (κ1) is 17.1. The molecule has 0 aromatic carbocycles. The largest absolute Gasteiger partial charge is 0.388 e. The summed E-state index contributed by atoms with van der Waals surface area (Å²) in [6.45, 7) is 9.34. The van der Waals surface area contributed by atoms with Crippen molar-refractivity contribution in [2.24, 2.45) is 0 Å². The van der Waals surface area contributed by atoms with E-state index in [1.54, 1.807) is 0 Å². The first-order valence-electron chi connectivity index (χ1n) is 6.91. The van der Waals surface area contributed by atoms with E-state index in [9.17, 15) is 0 Å². The molecule has 0 bridgehead atoms. The Morgan fingerprint density at radius 1 is 0.882 bits per heavy atom. The molecule has 0 aromatic rings. The number of unbranched alkanes of at least 4 members (excludes halogenated alkanes) is 3. The van der Waals surface area contributed by atoms with Gasteiger partial charge in [0.1, 0.15) is 8.07 Å². The zero-order valence-electron chi connectivity index (χ0n) is 12.8. The number of methoxy groups -OCH3 is 2. The summed E-state index contributed by atoms with van der Waals surface area (Å²) in [5, 5.41) is 0.352. The van der Waals surface area contributed by atoms with Gasteiger partial charge in [-0.25, -0.2) is 0 Å². The second kappa shape index (κ2) is 8.28. The van der Waals surface area contributed by atoms with Crippen LogP contribution in [-0.4, -0.2) is 34.8 Å². The lowest BCUT2D eigenvalue weighted by Crippen LogP contribution is -2.53. The van der Waals surface area contributed by atoms with Gasteiger partial charge < -0.3 is 9.47 Å². The lowest BCUT2D eigenvalue weighted by atomic mass is 10.2. The van der Waals surface area contributed by atoms with Crippen molar-refractivity contribution in [1.82, 2.24) is 0 Å². The van der Waals surface area contributed by atoms with Crippen LogP contribution in [0.3, 0.4) is 0 Å². The molecule has 3 heteroatoms. The van der Waals surface area contributed by atoms with Crippen LogP contribution < -0.4 is 0 Å². The molecule has 0 saturated carbocycles. The van der Waals surface area contributed by atoms with Crippen molar-refractivity contribution < 1.29 is 9.47 Å². The summed E-state index contributed by atoms with van der Waals surface area (Å²) in [6.07, 6.45) is 7.21. The van der Waals surface area contributed by atoms with Gasteiger partial charge in [0.2, 0.25) is 0 Å². The van der Waals surface area contributed by atoms with Crippen molar-refractivity contribution in [2.75, 3.05) is 26.7 Å². The summed E-state index contributed by atoms with van der Waals surface area (Å²) < 4.78 is 11.1. The van der Waals surface area contributed by atoms with Crippen molar-refractivity contribution in [1.29, 1.82) is 0 Å². The highest BCUT2D eigenvalue weighted by atomic mass is 28.3. The molecule has 0 fully saturated rings. The minimum absolute atomic E-state index is 0.352. The van der Waals surface area contributed by atoms with Crippen LogP contribution in [0.25, 0.3) is 0 Å². The van der Waals surface area contributed by atoms with E-state index in [2.05, 4.69) is 27.7 Å². The Balaban J connectivity index is 4.55. The molecule has 0 heterocycles. The van der Waals surface area contributed by atoms with Crippen molar-refractivity contribution in [2.45, 2.75) is 64.5 Å². The van der Waals surface area contributed by atoms with E-state index in [4.69, 9.17) is 9.47 Å². The summed E-state index contributed by atoms with van der Waals surface area (Å²) in [7, 11) is 2.17. The minimum Gasteiger partial charge on any atom is -0.388 e. The minimum atomic E-state index is -1.49. The van der Waals surface area contributed by atoms with Crippen molar-refractivity contribution in [3.05, 3.63) is 0 Å². The average Bonchev–Trinajstić information content (AvgIpc) is 2.23. The van der Waals surface area contributed by atoms with Gasteiger partial charge in [0, 0.05) is 26.7 Å². The third-order valence-electron chi connectivity index (χ3n) is 3.94. The summed E-state index contributed by atoms with van der Waals surface area (Å²) in [4.78, 5) is 0. The molecule has 0 spiro atoms. The van der Waals surface area contributed by atoms with Crippen LogP contribution in [0.1, 0.15) is 53.4 Å². The van der Waals surface area contributed by atoms with Gasteiger partial charge in [-0.1, -0.05) is 59.4 Å². The van der Waals surface area contributed by atoms with E-state index in [-0.39, 0.29) is 0 Å². The van der Waals surface area contributed by atoms with Crippen LogP contribution in [0.4, 0.5) is 0 Å². The summed E-state index contributed by atoms with van der Waals surface area (Å²) in [6, 6.07) is 1.33. The molecule has 0 rings (SSSR count). The number of rotatable bonds is 9. The van der Waals surface area contributed by atoms with Crippen LogP contribution in [0.2, 0.25) is 11.1 Å². The Hall–Kier alpha value is 0.137. The maximum Gasteiger partial charge on any atom is 0.118 e. The lowest BCUT2D eigenvalue weighted by molar-refractivity contribution is 0.208. The SMILES string of the molecule is CCCCCC[Si](COC)(COC)C(C)(C)C. The molecular weight excluding hydrogens is 228 g/mol. The number of hydrogen-bond acceptors (Lipinski definition) is 2. The molecule has 0 atom stereocenters. The Morgan fingerprint density at radius 3 is 1.76 bits per heavy atom. The average molecular weight is 260 g/mol. The molecule has 2 nitrogen and oxygen atoms in total. The Kier molecular flexibility index (Phi) is 8.34. The Morgan fingerprint density at radius 2 is 1.41 bits per heavy atom. The van der Waals surface area contributed by atoms with E-state index in [0.29, 0.717) is 5.04 Å². The lowest BCUT2D eigenvalue weighted by Gasteiger charge is -2.42. The van der Waals surface area contributed by atoms with Crippen LogP contribution in [0, 0.1) is 0 Å².